The van der Waals surface area contributed by atoms with E-state index in [0.717, 1.165) is 24.4 Å². The van der Waals surface area contributed by atoms with E-state index in [1.54, 1.807) is 41.8 Å². The highest BCUT2D eigenvalue weighted by Gasteiger charge is 2.18. The van der Waals surface area contributed by atoms with Crippen molar-refractivity contribution >= 4 is 45.4 Å². The highest BCUT2D eigenvalue weighted by molar-refractivity contribution is 7.94. The average Bonchev–Trinajstić information content (AvgIpc) is 3.01. The number of amides is 1. The molecule has 1 aliphatic heterocycles. The van der Waals surface area contributed by atoms with Gasteiger partial charge in [-0.25, -0.2) is 8.42 Å². The minimum absolute atomic E-state index is 0. The largest absolute Gasteiger partial charge is 0.352 e. The highest BCUT2D eigenvalue weighted by Crippen LogP contribution is 2.20. The van der Waals surface area contributed by atoms with Crippen LogP contribution in [0.15, 0.2) is 46.0 Å². The molecule has 1 aliphatic rings. The van der Waals surface area contributed by atoms with Gasteiger partial charge in [-0.3, -0.25) is 9.52 Å². The summed E-state index contributed by atoms with van der Waals surface area (Å²) in [7, 11) is -3.56. The second-order valence-electron chi connectivity index (χ2n) is 5.35. The number of thiophene rings is 1. The molecule has 9 heteroatoms. The number of nitrogens with one attached hydrogen (secondary N) is 3. The first kappa shape index (κ1) is 18.7. The maximum absolute atomic E-state index is 12.1. The zero-order valence-electron chi connectivity index (χ0n) is 12.7. The van der Waals surface area contributed by atoms with E-state index in [1.807, 2.05) is 0 Å². The molecule has 6 nitrogen and oxygen atoms in total. The third-order valence-electron chi connectivity index (χ3n) is 3.58. The van der Waals surface area contributed by atoms with Crippen molar-refractivity contribution in [3.05, 3.63) is 47.3 Å². The Morgan fingerprint density at radius 1 is 1.21 bits per heavy atom. The van der Waals surface area contributed by atoms with Crippen molar-refractivity contribution in [1.29, 1.82) is 0 Å². The van der Waals surface area contributed by atoms with Crippen LogP contribution in [0, 0.1) is 5.92 Å². The van der Waals surface area contributed by atoms with Gasteiger partial charge in [-0.2, -0.15) is 0 Å². The second-order valence-corrected chi connectivity index (χ2v) is 8.21. The van der Waals surface area contributed by atoms with Crippen LogP contribution in [0.25, 0.3) is 0 Å². The molecule has 0 radical (unpaired) electrons. The maximum Gasteiger partial charge on any atom is 0.271 e. The van der Waals surface area contributed by atoms with E-state index in [0.29, 0.717) is 23.7 Å². The second kappa shape index (κ2) is 7.98. The Morgan fingerprint density at radius 2 is 1.92 bits per heavy atom. The predicted molar refractivity (Wildman–Crippen MR) is 97.5 cm³/mol. The molecule has 2 aromatic rings. The van der Waals surface area contributed by atoms with Gasteiger partial charge >= 0.3 is 0 Å². The lowest BCUT2D eigenvalue weighted by atomic mass is 10.0. The third-order valence-corrected chi connectivity index (χ3v) is 6.36. The lowest BCUT2D eigenvalue weighted by Gasteiger charge is -2.27. The summed E-state index contributed by atoms with van der Waals surface area (Å²) < 4.78 is 27.0. The Morgan fingerprint density at radius 3 is 2.46 bits per heavy atom. The van der Waals surface area contributed by atoms with Gasteiger partial charge in [0.25, 0.3) is 15.9 Å². The van der Waals surface area contributed by atoms with Gasteiger partial charge in [-0.1, -0.05) is 6.07 Å². The Kier molecular flexibility index (Phi) is 6.22. The summed E-state index contributed by atoms with van der Waals surface area (Å²) in [6, 6.07) is 9.63. The van der Waals surface area contributed by atoms with Crippen LogP contribution in [0.3, 0.4) is 0 Å². The Balaban J connectivity index is 0.00000208. The summed E-state index contributed by atoms with van der Waals surface area (Å²) in [4.78, 5) is 12.0. The predicted octanol–water partition coefficient (Wildman–Crippen LogP) is 1.92. The van der Waals surface area contributed by atoms with E-state index in [1.165, 1.54) is 0 Å². The van der Waals surface area contributed by atoms with Gasteiger partial charge in [0.05, 0.1) is 0 Å². The van der Waals surface area contributed by atoms with Crippen LogP contribution in [0.5, 0.6) is 0 Å². The molecule has 0 saturated carbocycles. The molecule has 1 aromatic heterocycles. The monoisotopic (exact) mass is 387 g/mol. The van der Waals surface area contributed by atoms with Crippen LogP contribution in [0.4, 0.5) is 5.69 Å². The van der Waals surface area contributed by atoms with E-state index in [4.69, 9.17) is 0 Å². The summed E-state index contributed by atoms with van der Waals surface area (Å²) in [5.41, 5.74) is 0.939. The first-order valence-electron chi connectivity index (χ1n) is 7.20. The van der Waals surface area contributed by atoms with Crippen LogP contribution in [-0.4, -0.2) is 34.0 Å². The molecular weight excluding hydrogens is 370 g/mol. The van der Waals surface area contributed by atoms with Crippen LogP contribution in [-0.2, 0) is 10.0 Å². The SMILES string of the molecule is Cl.O=C(NCC1CNC1)c1ccc(NS(=O)(=O)c2cccs2)cc1. The minimum atomic E-state index is -3.56. The van der Waals surface area contributed by atoms with Gasteiger partial charge in [0, 0.05) is 36.8 Å². The smallest absolute Gasteiger partial charge is 0.271 e. The standard InChI is InChI=1S/C15H17N3O3S2.ClH/c19-15(17-10-11-8-16-9-11)12-3-5-13(6-4-12)18-23(20,21)14-2-1-7-22-14;/h1-7,11,16,18H,8-10H2,(H,17,19);1H. The Hall–Kier alpha value is -1.61. The van der Waals surface area contributed by atoms with E-state index in [9.17, 15) is 13.2 Å². The lowest BCUT2D eigenvalue weighted by molar-refractivity contribution is 0.0942. The zero-order chi connectivity index (χ0) is 16.3. The van der Waals surface area contributed by atoms with E-state index < -0.39 is 10.0 Å². The van der Waals surface area contributed by atoms with Crippen LogP contribution < -0.4 is 15.4 Å². The molecule has 130 valence electrons. The molecule has 0 spiro atoms. The molecule has 1 amide bonds. The average molecular weight is 388 g/mol. The highest BCUT2D eigenvalue weighted by atomic mass is 35.5. The number of sulfonamides is 1. The molecule has 1 aromatic carbocycles. The summed E-state index contributed by atoms with van der Waals surface area (Å²) in [5, 5.41) is 7.73. The fourth-order valence-electron chi connectivity index (χ4n) is 2.14. The molecule has 1 fully saturated rings. The molecule has 0 aliphatic carbocycles. The molecule has 0 bridgehead atoms. The number of rotatable bonds is 6. The minimum Gasteiger partial charge on any atom is -0.352 e. The summed E-state index contributed by atoms with van der Waals surface area (Å²) in [6.07, 6.45) is 0. The van der Waals surface area contributed by atoms with Gasteiger partial charge in [-0.15, -0.1) is 23.7 Å². The van der Waals surface area contributed by atoms with Crippen molar-refractivity contribution < 1.29 is 13.2 Å². The van der Waals surface area contributed by atoms with Gasteiger partial charge in [0.1, 0.15) is 4.21 Å². The van der Waals surface area contributed by atoms with Crippen molar-refractivity contribution in [2.45, 2.75) is 4.21 Å². The van der Waals surface area contributed by atoms with E-state index in [-0.39, 0.29) is 22.5 Å². The first-order valence-corrected chi connectivity index (χ1v) is 9.56. The van der Waals surface area contributed by atoms with Crippen LogP contribution in [0.1, 0.15) is 10.4 Å². The number of hydrogen-bond donors (Lipinski definition) is 3. The van der Waals surface area contributed by atoms with Gasteiger partial charge in [-0.05, 0) is 35.7 Å². The number of anilines is 1. The van der Waals surface area contributed by atoms with Gasteiger partial charge in [0.2, 0.25) is 0 Å². The van der Waals surface area contributed by atoms with Gasteiger partial charge < -0.3 is 10.6 Å². The summed E-state index contributed by atoms with van der Waals surface area (Å²) >= 11 is 1.15. The number of carbonyl (C=O) groups excluding carboxylic acids is 1. The molecule has 3 N–H and O–H groups in total. The van der Waals surface area contributed by atoms with Crippen molar-refractivity contribution in [2.75, 3.05) is 24.4 Å². The fourth-order valence-corrected chi connectivity index (χ4v) is 4.19. The molecule has 0 unspecified atom stereocenters. The Bertz CT molecular complexity index is 773. The molecule has 24 heavy (non-hydrogen) atoms. The van der Waals surface area contributed by atoms with E-state index in [2.05, 4.69) is 15.4 Å². The number of hydrogen-bond acceptors (Lipinski definition) is 5. The summed E-state index contributed by atoms with van der Waals surface area (Å²) in [6.45, 7) is 2.52. The molecule has 1 saturated heterocycles. The van der Waals surface area contributed by atoms with Crippen molar-refractivity contribution in [1.82, 2.24) is 10.6 Å². The van der Waals surface area contributed by atoms with Crippen molar-refractivity contribution in [2.24, 2.45) is 5.92 Å². The maximum atomic E-state index is 12.1. The summed E-state index contributed by atoms with van der Waals surface area (Å²) in [5.74, 6) is 0.348. The van der Waals surface area contributed by atoms with Crippen molar-refractivity contribution in [3.8, 4) is 0 Å². The number of carbonyl (C=O) groups is 1. The first-order chi connectivity index (χ1) is 11.0. The quantitative estimate of drug-likeness (QED) is 0.706. The van der Waals surface area contributed by atoms with E-state index >= 15 is 0 Å². The van der Waals surface area contributed by atoms with Crippen LogP contribution in [0.2, 0.25) is 0 Å². The fraction of sp³-hybridized carbons (Fsp3) is 0.267. The molecule has 2 heterocycles. The topological polar surface area (TPSA) is 87.3 Å². The van der Waals surface area contributed by atoms with Crippen molar-refractivity contribution in [3.63, 3.8) is 0 Å². The normalized spacial score (nSPS) is 14.3. The number of benzene rings is 1. The zero-order valence-corrected chi connectivity index (χ0v) is 15.1. The number of halogens is 1. The lowest BCUT2D eigenvalue weighted by Crippen LogP contribution is -2.48. The molecule has 3 rings (SSSR count). The third kappa shape index (κ3) is 4.47. The molecule has 0 atom stereocenters. The Labute approximate surface area is 151 Å². The molecular formula is C15H18ClN3O3S2. The van der Waals surface area contributed by atoms with Crippen LogP contribution >= 0.6 is 23.7 Å². The van der Waals surface area contributed by atoms with Gasteiger partial charge in [0.15, 0.2) is 0 Å².